The van der Waals surface area contributed by atoms with E-state index >= 15 is 0 Å². The van der Waals surface area contributed by atoms with Crippen molar-refractivity contribution in [2.75, 3.05) is 0 Å². The monoisotopic (exact) mass is 715 g/mol. The molecule has 252 valence electrons. The van der Waals surface area contributed by atoms with E-state index < -0.39 is 82.3 Å². The Balaban J connectivity index is 0.000000287. The molecule has 1 aliphatic rings. The maximum absolute atomic E-state index is 12.6. The Kier molecular flexibility index (Phi) is 9.86. The quantitative estimate of drug-likeness (QED) is 0.0772. The van der Waals surface area contributed by atoms with Crippen LogP contribution in [0.5, 0.6) is 11.5 Å². The van der Waals surface area contributed by atoms with E-state index in [9.17, 15) is 73.0 Å². The third-order valence-corrected chi connectivity index (χ3v) is 7.65. The summed E-state index contributed by atoms with van der Waals surface area (Å²) in [5, 5.41) is 21.5. The second-order valence-corrected chi connectivity index (χ2v) is 12.1. The Bertz CT molecular complexity index is 1960. The molecule has 1 heterocycles. The van der Waals surface area contributed by atoms with Gasteiger partial charge in [0.15, 0.2) is 0 Å². The highest BCUT2D eigenvalue weighted by Crippen LogP contribution is 2.35. The Morgan fingerprint density at radius 3 is 1.51 bits per heavy atom. The molecule has 3 aromatic carbocycles. The molecule has 0 saturated heterocycles. The molecule has 0 bridgehead atoms. The molecule has 0 unspecified atom stereocenters. The molecule has 47 heavy (non-hydrogen) atoms. The fourth-order valence-corrected chi connectivity index (χ4v) is 4.54. The Labute approximate surface area is 258 Å². The highest BCUT2D eigenvalue weighted by atomic mass is 32.2. The zero-order chi connectivity index (χ0) is 35.7. The van der Waals surface area contributed by atoms with E-state index in [2.05, 4.69) is 8.37 Å². The van der Waals surface area contributed by atoms with Gasteiger partial charge >= 0.3 is 42.6 Å². The van der Waals surface area contributed by atoms with Crippen LogP contribution in [0.25, 0.3) is 0 Å². The first kappa shape index (κ1) is 36.2. The molecule has 1 aliphatic heterocycles. The molecular weight excluding hydrogens is 700 g/mol. The largest absolute Gasteiger partial charge is 0.534 e. The summed E-state index contributed by atoms with van der Waals surface area (Å²) < 4.78 is 125. The third-order valence-electron chi connectivity index (χ3n) is 5.72. The summed E-state index contributed by atoms with van der Waals surface area (Å²) in [5.74, 6) is -3.51. The number of imide groups is 1. The van der Waals surface area contributed by atoms with Gasteiger partial charge < -0.3 is 8.37 Å². The molecule has 0 radical (unpaired) electrons. The van der Waals surface area contributed by atoms with Gasteiger partial charge in [-0.05, 0) is 42.3 Å². The van der Waals surface area contributed by atoms with Crippen molar-refractivity contribution in [1.82, 2.24) is 4.90 Å². The summed E-state index contributed by atoms with van der Waals surface area (Å²) in [6, 6.07) is 11.3. The molecule has 3 aromatic rings. The van der Waals surface area contributed by atoms with Crippen molar-refractivity contribution in [2.45, 2.75) is 24.5 Å². The van der Waals surface area contributed by atoms with Gasteiger partial charge in [0.2, 0.25) is 11.5 Å². The first-order valence-electron chi connectivity index (χ1n) is 12.0. The zero-order valence-electron chi connectivity index (χ0n) is 22.8. The van der Waals surface area contributed by atoms with Crippen molar-refractivity contribution < 1.29 is 71.0 Å². The summed E-state index contributed by atoms with van der Waals surface area (Å²) >= 11 is 0. The minimum Gasteiger partial charge on any atom is -0.369 e. The van der Waals surface area contributed by atoms with Gasteiger partial charge in [-0.3, -0.25) is 34.7 Å². The number of benzene rings is 3. The highest BCUT2D eigenvalue weighted by molar-refractivity contribution is 7.88. The molecule has 0 fully saturated rings. The summed E-state index contributed by atoms with van der Waals surface area (Å²) in [5.41, 5.74) is -12.9. The number of nitro benzene ring substituents is 2. The lowest BCUT2D eigenvalue weighted by atomic mass is 10.1. The molecule has 4 rings (SSSR count). The Morgan fingerprint density at radius 1 is 0.702 bits per heavy atom. The van der Waals surface area contributed by atoms with E-state index in [1.165, 1.54) is 37.3 Å². The highest BCUT2D eigenvalue weighted by Gasteiger charge is 2.50. The number of nitro groups is 2. The smallest absolute Gasteiger partial charge is 0.369 e. The van der Waals surface area contributed by atoms with Crippen LogP contribution in [0.2, 0.25) is 0 Å². The average molecular weight is 716 g/mol. The number of hydrogen-bond donors (Lipinski definition) is 0. The lowest BCUT2D eigenvalue weighted by molar-refractivity contribution is -0.385. The predicted molar refractivity (Wildman–Crippen MR) is 143 cm³/mol. The number of carbonyl (C=O) groups is 2. The van der Waals surface area contributed by atoms with Crippen molar-refractivity contribution in [3.8, 4) is 11.5 Å². The fourth-order valence-electron chi connectivity index (χ4n) is 3.61. The van der Waals surface area contributed by atoms with Gasteiger partial charge in [0.1, 0.15) is 0 Å². The number of alkyl halides is 6. The van der Waals surface area contributed by atoms with Crippen LogP contribution in [-0.2, 0) is 26.8 Å². The number of amides is 2. The van der Waals surface area contributed by atoms with Gasteiger partial charge in [0, 0.05) is 12.1 Å². The predicted octanol–water partition coefficient (Wildman–Crippen LogP) is 4.75. The summed E-state index contributed by atoms with van der Waals surface area (Å²) in [4.78, 5) is 44.8. The molecule has 0 atom stereocenters. The van der Waals surface area contributed by atoms with Crippen LogP contribution in [0.3, 0.4) is 0 Å². The molecule has 0 saturated carbocycles. The van der Waals surface area contributed by atoms with Crippen LogP contribution in [0.4, 0.5) is 37.7 Å². The van der Waals surface area contributed by atoms with Gasteiger partial charge in [-0.1, -0.05) is 24.3 Å². The molecule has 0 aromatic heterocycles. The molecule has 2 amide bonds. The van der Waals surface area contributed by atoms with Gasteiger partial charge in [-0.2, -0.15) is 43.2 Å². The molecular formula is C24H15F6N3O12S2. The van der Waals surface area contributed by atoms with E-state index in [-0.39, 0.29) is 16.7 Å². The van der Waals surface area contributed by atoms with Gasteiger partial charge in [0.05, 0.1) is 27.5 Å². The lowest BCUT2D eigenvalue weighted by Crippen LogP contribution is -2.29. The number of rotatable bonds is 8. The Morgan fingerprint density at radius 2 is 1.11 bits per heavy atom. The van der Waals surface area contributed by atoms with Crippen LogP contribution < -0.4 is 8.37 Å². The van der Waals surface area contributed by atoms with E-state index in [1.54, 1.807) is 0 Å². The number of halogens is 6. The standard InChI is InChI=1S/C16H9F3N2O7S.C8H6F3NO5S/c17-16(18,19)29(26,27)28-13-7-9(5-6-12(13)21(24)25)8-20-14(22)10-3-1-2-4-11(10)15(20)23;1-5-2-3-6(12(13)14)7(4-5)17-18(15,16)8(9,10)11/h1-7H,8H2;2-4H,1H3. The average Bonchev–Trinajstić information content (AvgIpc) is 3.16. The minimum absolute atomic E-state index is 0.0579. The number of hydrogen-bond acceptors (Lipinski definition) is 12. The molecule has 15 nitrogen and oxygen atoms in total. The van der Waals surface area contributed by atoms with E-state index in [0.29, 0.717) is 17.7 Å². The third kappa shape index (κ3) is 7.92. The first-order chi connectivity index (χ1) is 21.5. The van der Waals surface area contributed by atoms with Crippen LogP contribution in [0, 0.1) is 27.2 Å². The van der Waals surface area contributed by atoms with E-state index in [1.807, 2.05) is 0 Å². The second-order valence-electron chi connectivity index (χ2n) is 9.00. The van der Waals surface area contributed by atoms with E-state index in [4.69, 9.17) is 0 Å². The zero-order valence-corrected chi connectivity index (χ0v) is 24.4. The second kappa shape index (κ2) is 12.8. The minimum atomic E-state index is -6.17. The number of nitrogens with zero attached hydrogens (tertiary/aromatic N) is 3. The number of aryl methyl sites for hydroxylation is 1. The fraction of sp³-hybridized carbons (Fsp3) is 0.167. The van der Waals surface area contributed by atoms with Crippen molar-refractivity contribution in [3.63, 3.8) is 0 Å². The summed E-state index contributed by atoms with van der Waals surface area (Å²) in [7, 11) is -12.1. The molecule has 0 N–H and O–H groups in total. The van der Waals surface area contributed by atoms with Gasteiger partial charge in [-0.15, -0.1) is 0 Å². The number of carbonyl (C=O) groups excluding carboxylic acids is 2. The van der Waals surface area contributed by atoms with Crippen molar-refractivity contribution in [1.29, 1.82) is 0 Å². The van der Waals surface area contributed by atoms with Crippen LogP contribution >= 0.6 is 0 Å². The molecule has 23 heteroatoms. The molecule has 0 spiro atoms. The van der Waals surface area contributed by atoms with Gasteiger partial charge in [-0.25, -0.2) is 0 Å². The maximum atomic E-state index is 12.6. The van der Waals surface area contributed by atoms with Crippen LogP contribution in [-0.4, -0.2) is 54.4 Å². The van der Waals surface area contributed by atoms with Gasteiger partial charge in [0.25, 0.3) is 11.8 Å². The maximum Gasteiger partial charge on any atom is 0.534 e. The topological polar surface area (TPSA) is 210 Å². The summed E-state index contributed by atoms with van der Waals surface area (Å²) in [6.07, 6.45) is 0. The van der Waals surface area contributed by atoms with Crippen molar-refractivity contribution >= 4 is 43.4 Å². The van der Waals surface area contributed by atoms with Crippen LogP contribution in [0.15, 0.2) is 60.7 Å². The molecule has 0 aliphatic carbocycles. The van der Waals surface area contributed by atoms with Crippen molar-refractivity contribution in [2.24, 2.45) is 0 Å². The van der Waals surface area contributed by atoms with Crippen LogP contribution in [0.1, 0.15) is 31.8 Å². The Hall–Kier alpha value is -5.32. The van der Waals surface area contributed by atoms with E-state index in [0.717, 1.165) is 23.1 Å². The summed E-state index contributed by atoms with van der Waals surface area (Å²) in [6.45, 7) is 0.948. The lowest BCUT2D eigenvalue weighted by Gasteiger charge is -2.15. The first-order valence-corrected chi connectivity index (χ1v) is 14.8. The van der Waals surface area contributed by atoms with Crippen molar-refractivity contribution in [3.05, 3.63) is 103 Å². The normalized spacial score (nSPS) is 13.4. The SMILES string of the molecule is Cc1ccc([N+](=O)[O-])c(OS(=O)(=O)C(F)(F)F)c1.O=C1c2ccccc2C(=O)N1Cc1ccc([N+](=O)[O-])c(OS(=O)(=O)C(F)(F)F)c1. The number of fused-ring (bicyclic) bond motifs is 1.